The van der Waals surface area contributed by atoms with Crippen LogP contribution in [0.1, 0.15) is 64.0 Å². The molecule has 109 heavy (non-hydrogen) atoms. The van der Waals surface area contributed by atoms with Gasteiger partial charge in [0, 0.05) is 62.1 Å². The van der Waals surface area contributed by atoms with Crippen molar-refractivity contribution in [2.24, 2.45) is 17.8 Å². The number of alkyl halides is 1. The molecule has 38 heteroatoms. The van der Waals surface area contributed by atoms with Gasteiger partial charge in [-0.1, -0.05) is 127 Å². The zero-order valence-electron chi connectivity index (χ0n) is 58.9. The van der Waals surface area contributed by atoms with Crippen molar-refractivity contribution in [3.63, 3.8) is 0 Å². The molecule has 5 N–H and O–H groups in total. The van der Waals surface area contributed by atoms with Crippen LogP contribution in [0, 0.1) is 42.6 Å². The number of likely N-dealkylation sites (tertiary alicyclic amines) is 2. The summed E-state index contributed by atoms with van der Waals surface area (Å²) in [6.07, 6.45) is 6.88. The second-order valence-electron chi connectivity index (χ2n) is 22.2. The van der Waals surface area contributed by atoms with Crippen LogP contribution in [0.3, 0.4) is 0 Å². The van der Waals surface area contributed by atoms with Gasteiger partial charge in [-0.05, 0) is 104 Å². The van der Waals surface area contributed by atoms with E-state index in [0.29, 0.717) is 94.1 Å². The molecule has 0 bridgehead atoms. The monoisotopic (exact) mass is 2390 g/mol. The number of ether oxygens (including phenoxy) is 5. The molecule has 0 saturated carbocycles. The second-order valence-corrected chi connectivity index (χ2v) is 94.8. The van der Waals surface area contributed by atoms with Crippen LogP contribution in [-0.4, -0.2) is 147 Å². The normalized spacial score (nSPS) is 13.0. The summed E-state index contributed by atoms with van der Waals surface area (Å²) in [6.45, 7) is 6.05. The third-order valence-corrected chi connectivity index (χ3v) is 15.5. The zero-order chi connectivity index (χ0) is 78.0. The Morgan fingerprint density at radius 3 is 1.23 bits per heavy atom. The van der Waals surface area contributed by atoms with Crippen molar-refractivity contribution in [3.8, 4) is 45.5 Å². The van der Waals surface area contributed by atoms with Crippen LogP contribution < -0.4 is 40.1 Å². The fourth-order valence-electron chi connectivity index (χ4n) is 10.2. The van der Waals surface area contributed by atoms with Crippen molar-refractivity contribution >= 4 is 209 Å². The van der Waals surface area contributed by atoms with E-state index >= 15 is 0 Å². The van der Waals surface area contributed by atoms with E-state index in [4.69, 9.17) is 40.3 Å². The summed E-state index contributed by atoms with van der Waals surface area (Å²) in [5, 5.41) is 20.1. The standard InChI is InChI=1S/C25H25FN4O4.C18H19ClN4O3.C17H19FN4O2.C7H7BFO3.C2H5I.CH4.CH3.6HI.2V/c1-33-21-9-5-8-19(26)23(21)20-14-22(28-16-27-20)29-24(31)18-10-12-30(13-11-18)25(32)34-15-17-6-3-2-4-7-17;19-15-10-16(21-12-20-15)22-17(24)14-6-8-23(9-7-14)18(25)26-11-13-4-2-1-3-5-13;1-24-14-4-2-3-12(18)16(14)13-9-15(21-10-20-13)22-17(23)11-5-7-19-8-6-11;1-11-6-4-2-3-5(9)7(6)12-8-10;1-2-3;;;;;;;;;;/h2-9,14,16,18H,10-13,15H2,1H3,(H,27,28,29,31);1-5,10,12,14H,6-9,11H2,(H,20,21,22,24);2-4,9-11,19H,5-8H2,1H3,(H,20,21,22,23);2-4,10H,1H3;2H2,1H3;1H4;1H3;6*1H;;/q;;;;;;-1;;;;;;;2*+3/p-6. The number of anilines is 3. The number of halogens is 11. The molecule has 0 aliphatic carbocycles. The van der Waals surface area contributed by atoms with Crippen LogP contribution in [0.4, 0.5) is 40.2 Å². The molecule has 3 fully saturated rings. The number of nitrogens with zero attached hydrogens (tertiary/aromatic N) is 8. The van der Waals surface area contributed by atoms with E-state index in [-0.39, 0.29) is 119 Å². The number of para-hydroxylation sites is 1. The van der Waals surface area contributed by atoms with Gasteiger partial charge in [0.1, 0.15) is 77.9 Å². The molecule has 5 amide bonds. The number of methoxy groups -OCH3 is 3. The Morgan fingerprint density at radius 2 is 0.872 bits per heavy atom. The quantitative estimate of drug-likeness (QED) is 0.0186. The Morgan fingerprint density at radius 1 is 0.532 bits per heavy atom. The van der Waals surface area contributed by atoms with Gasteiger partial charge in [0.05, 0.1) is 43.8 Å². The van der Waals surface area contributed by atoms with Gasteiger partial charge >= 0.3 is 150 Å². The Balaban J connectivity index is 0.000000371. The molecular weight excluding hydrogens is 2310 g/mol. The number of amides is 5. The minimum atomic E-state index is -0.584. The topological polar surface area (TPSA) is 293 Å². The number of carbonyl (C=O) groups is 5. The van der Waals surface area contributed by atoms with Gasteiger partial charge in [0.2, 0.25) is 17.7 Å². The predicted molar refractivity (Wildman–Crippen MR) is 472 cm³/mol. The van der Waals surface area contributed by atoms with Crippen LogP contribution in [0.25, 0.3) is 22.5 Å². The molecule has 8 aromatic rings. The third kappa shape index (κ3) is 36.9. The van der Waals surface area contributed by atoms with Crippen molar-refractivity contribution in [1.29, 1.82) is 0 Å². The molecule has 1 radical (unpaired) electrons. The molecule has 6 heterocycles. The van der Waals surface area contributed by atoms with E-state index in [1.165, 1.54) is 87.2 Å². The van der Waals surface area contributed by atoms with Gasteiger partial charge in [-0.2, -0.15) is 0 Å². The van der Waals surface area contributed by atoms with Gasteiger partial charge in [-0.3, -0.25) is 14.4 Å². The predicted octanol–water partition coefficient (Wildman–Crippen LogP) is 18.2. The number of hydrogen-bond acceptors (Lipinski definition) is 19. The zero-order valence-corrected chi connectivity index (χ0v) is 77.6. The van der Waals surface area contributed by atoms with Gasteiger partial charge in [-0.15, -0.1) is 0 Å². The minimum absolute atomic E-state index is 0. The number of aromatic nitrogens is 6. The SMILES string of the molecule is C.CCI.COc1cccc(F)c1-c1cc(NC(=O)C2CCN(C(=O)OCc3ccccc3)CC2)ncn1.COc1cccc(F)c1-c1cc(NC(=O)C2CCNCC2)ncn1.COc1cccc(F)c1O[B]O.O=C(Nc1cc(Cl)ncn1)C1CCN(C(=O)OCc2ccccc2)CC1.[CH3-].[I][V]([I])[I].[I][V]([I])[I]. The maximum atomic E-state index is 14.4. The first-order valence-electron chi connectivity index (χ1n) is 32.4. The summed E-state index contributed by atoms with van der Waals surface area (Å²) in [6, 6.07) is 36.8. The molecule has 3 saturated heterocycles. The summed E-state index contributed by atoms with van der Waals surface area (Å²) >= 11 is 22.8. The summed E-state index contributed by atoms with van der Waals surface area (Å²) in [4.78, 5) is 88.7. The number of piperidine rings is 3. The van der Waals surface area contributed by atoms with E-state index in [0.717, 1.165) is 37.1 Å². The third-order valence-electron chi connectivity index (χ3n) is 15.3. The van der Waals surface area contributed by atoms with Gasteiger partial charge in [0.25, 0.3) is 0 Å². The van der Waals surface area contributed by atoms with Gasteiger partial charge in [0.15, 0.2) is 17.3 Å². The Kier molecular flexibility index (Phi) is 51.0. The number of nitrogens with one attached hydrogen (secondary N) is 4. The van der Waals surface area contributed by atoms with E-state index in [9.17, 15) is 37.1 Å². The number of benzene rings is 5. The first kappa shape index (κ1) is 99.0. The molecule has 11 rings (SSSR count). The summed E-state index contributed by atoms with van der Waals surface area (Å²) in [5.74, 6) is -0.575. The van der Waals surface area contributed by atoms with Crippen LogP contribution in [0.5, 0.6) is 23.0 Å². The number of carbonyl (C=O) groups excluding carboxylic acids is 5. The fraction of sp³-hybridized carbons (Fsp3) is 0.324. The van der Waals surface area contributed by atoms with E-state index < -0.39 is 17.5 Å². The van der Waals surface area contributed by atoms with E-state index in [1.807, 2.05) is 60.7 Å². The Bertz CT molecular complexity index is 4030. The van der Waals surface area contributed by atoms with Crippen molar-refractivity contribution in [3.05, 3.63) is 194 Å². The maximum absolute atomic E-state index is 14.4. The Labute approximate surface area is 728 Å². The van der Waals surface area contributed by atoms with Crippen LogP contribution >= 0.6 is 154 Å². The van der Waals surface area contributed by atoms with E-state index in [2.05, 4.69) is 205 Å². The molecule has 0 unspecified atom stereocenters. The van der Waals surface area contributed by atoms with Gasteiger partial charge in [-0.25, -0.2) is 52.7 Å². The molecule has 3 aliphatic heterocycles. The molecule has 0 atom stereocenters. The van der Waals surface area contributed by atoms with E-state index in [1.54, 1.807) is 40.1 Å². The number of hydrogen-bond donors (Lipinski definition) is 5. The summed E-state index contributed by atoms with van der Waals surface area (Å²) in [5.41, 5.74) is 2.97. The molecule has 0 spiro atoms. The van der Waals surface area contributed by atoms with Crippen LogP contribution in [0.2, 0.25) is 5.15 Å². The molecule has 589 valence electrons. The molecule has 5 aromatic carbocycles. The molecule has 3 aromatic heterocycles. The first-order chi connectivity index (χ1) is 51.5. The summed E-state index contributed by atoms with van der Waals surface area (Å²) < 4.78 is 73.1. The van der Waals surface area contributed by atoms with Gasteiger partial charge < -0.3 is 71.9 Å². The summed E-state index contributed by atoms with van der Waals surface area (Å²) in [7, 11) is 4.71. The average Bonchev–Trinajstić information content (AvgIpc) is 0.819. The van der Waals surface area contributed by atoms with Crippen molar-refractivity contribution in [2.45, 2.75) is 66.1 Å². The van der Waals surface area contributed by atoms with Crippen molar-refractivity contribution in [1.82, 2.24) is 45.0 Å². The molecule has 24 nitrogen and oxygen atoms in total. The second kappa shape index (κ2) is 56.2. The number of rotatable bonds is 17. The average molecular weight is 2390 g/mol. The fourth-order valence-corrected chi connectivity index (χ4v) is 10.4. The first-order valence-corrected chi connectivity index (χ1v) is 61.3. The van der Waals surface area contributed by atoms with Crippen LogP contribution in [-0.2, 0) is 46.9 Å². The molecule has 3 aliphatic rings. The van der Waals surface area contributed by atoms with Crippen molar-refractivity contribution in [2.75, 3.05) is 81.0 Å². The Hall–Kier alpha value is -4.17. The van der Waals surface area contributed by atoms with Crippen molar-refractivity contribution < 1.29 is 80.3 Å². The molecular formula is C71H82BClF3I7N12O12V2-. The van der Waals surface area contributed by atoms with Crippen LogP contribution in [0.15, 0.2) is 152 Å².